The first-order valence-corrected chi connectivity index (χ1v) is 4.47. The van der Waals surface area contributed by atoms with Gasteiger partial charge in [-0.25, -0.2) is 0 Å². The van der Waals surface area contributed by atoms with Gasteiger partial charge in [0.2, 0.25) is 0 Å². The summed E-state index contributed by atoms with van der Waals surface area (Å²) in [6.07, 6.45) is 4.39. The minimum absolute atomic E-state index is 0.195. The zero-order chi connectivity index (χ0) is 9.56. The molecule has 0 aromatic carbocycles. The van der Waals surface area contributed by atoms with Crippen LogP contribution in [0.3, 0.4) is 0 Å². The molecule has 0 fully saturated rings. The Balaban J connectivity index is 3.86. The lowest BCUT2D eigenvalue weighted by Gasteiger charge is -2.02. The summed E-state index contributed by atoms with van der Waals surface area (Å²) in [6.45, 7) is 8.48. The number of hydrogen-bond acceptors (Lipinski definition) is 1. The van der Waals surface area contributed by atoms with Crippen molar-refractivity contribution in [3.63, 3.8) is 0 Å². The van der Waals surface area contributed by atoms with Crippen molar-refractivity contribution in [3.05, 3.63) is 22.8 Å². The first-order valence-electron chi connectivity index (χ1n) is 4.47. The number of aliphatic hydroxyl groups is 1. The van der Waals surface area contributed by atoms with Crippen molar-refractivity contribution >= 4 is 0 Å². The van der Waals surface area contributed by atoms with E-state index in [1.165, 1.54) is 11.1 Å². The van der Waals surface area contributed by atoms with Crippen LogP contribution in [0.4, 0.5) is 0 Å². The number of aliphatic hydroxyl groups excluding tert-OH is 1. The van der Waals surface area contributed by atoms with Gasteiger partial charge in [0.1, 0.15) is 0 Å². The van der Waals surface area contributed by atoms with Crippen LogP contribution in [0, 0.1) is 0 Å². The molecule has 0 amide bonds. The van der Waals surface area contributed by atoms with Gasteiger partial charge >= 0.3 is 0 Å². The van der Waals surface area contributed by atoms with Crippen molar-refractivity contribution in [2.24, 2.45) is 0 Å². The van der Waals surface area contributed by atoms with Gasteiger partial charge in [-0.1, -0.05) is 17.2 Å². The maximum atomic E-state index is 8.84. The fourth-order valence-corrected chi connectivity index (χ4v) is 0.926. The zero-order valence-corrected chi connectivity index (χ0v) is 8.65. The molecule has 0 aliphatic rings. The minimum Gasteiger partial charge on any atom is -0.392 e. The van der Waals surface area contributed by atoms with Crippen LogP contribution < -0.4 is 0 Å². The highest BCUT2D eigenvalue weighted by molar-refractivity contribution is 5.10. The summed E-state index contributed by atoms with van der Waals surface area (Å²) in [5.74, 6) is 0. The van der Waals surface area contributed by atoms with Crippen LogP contribution in [0.1, 0.15) is 40.5 Å². The predicted octanol–water partition coefficient (Wildman–Crippen LogP) is 3.06. The summed E-state index contributed by atoms with van der Waals surface area (Å²) in [7, 11) is 0. The summed E-state index contributed by atoms with van der Waals surface area (Å²) in [6, 6.07) is 0. The van der Waals surface area contributed by atoms with E-state index in [4.69, 9.17) is 5.11 Å². The van der Waals surface area contributed by atoms with Crippen LogP contribution in [-0.2, 0) is 0 Å². The van der Waals surface area contributed by atoms with E-state index in [0.717, 1.165) is 18.4 Å². The highest BCUT2D eigenvalue weighted by Crippen LogP contribution is 2.10. The maximum Gasteiger partial charge on any atom is 0.0641 e. The molecule has 0 unspecified atom stereocenters. The Morgan fingerprint density at radius 3 is 2.08 bits per heavy atom. The van der Waals surface area contributed by atoms with Crippen LogP contribution in [0.25, 0.3) is 0 Å². The molecule has 0 radical (unpaired) electrons. The smallest absolute Gasteiger partial charge is 0.0641 e. The van der Waals surface area contributed by atoms with E-state index in [0.29, 0.717) is 0 Å². The lowest BCUT2D eigenvalue weighted by atomic mass is 10.1. The van der Waals surface area contributed by atoms with Crippen LogP contribution in [0.15, 0.2) is 22.8 Å². The van der Waals surface area contributed by atoms with Gasteiger partial charge in [-0.05, 0) is 46.1 Å². The van der Waals surface area contributed by atoms with E-state index in [1.54, 1.807) is 0 Å². The van der Waals surface area contributed by atoms with Gasteiger partial charge in [-0.2, -0.15) is 0 Å². The van der Waals surface area contributed by atoms with Crippen LogP contribution >= 0.6 is 0 Å². The van der Waals surface area contributed by atoms with Gasteiger partial charge in [0, 0.05) is 0 Å². The third kappa shape index (κ3) is 5.14. The number of allylic oxidation sites excluding steroid dienone is 3. The third-order valence-corrected chi connectivity index (χ3v) is 2.04. The first kappa shape index (κ1) is 11.4. The van der Waals surface area contributed by atoms with Gasteiger partial charge in [0.05, 0.1) is 6.61 Å². The van der Waals surface area contributed by atoms with Crippen molar-refractivity contribution in [1.82, 2.24) is 0 Å². The summed E-state index contributed by atoms with van der Waals surface area (Å²) in [4.78, 5) is 0. The highest BCUT2D eigenvalue weighted by Gasteiger charge is 1.93. The Labute approximate surface area is 75.8 Å². The van der Waals surface area contributed by atoms with Crippen LogP contribution in [-0.4, -0.2) is 11.7 Å². The van der Waals surface area contributed by atoms with Crippen molar-refractivity contribution < 1.29 is 5.11 Å². The van der Waals surface area contributed by atoms with Crippen LogP contribution in [0.5, 0.6) is 0 Å². The molecule has 0 rings (SSSR count). The van der Waals surface area contributed by atoms with Gasteiger partial charge in [-0.3, -0.25) is 0 Å². The molecule has 70 valence electrons. The Morgan fingerprint density at radius 2 is 1.67 bits per heavy atom. The Bertz CT molecular complexity index is 183. The van der Waals surface area contributed by atoms with E-state index in [1.807, 2.05) is 6.92 Å². The van der Waals surface area contributed by atoms with Crippen molar-refractivity contribution in [3.8, 4) is 0 Å². The predicted molar refractivity (Wildman–Crippen MR) is 54.1 cm³/mol. The summed E-state index contributed by atoms with van der Waals surface area (Å²) < 4.78 is 0. The zero-order valence-electron chi connectivity index (χ0n) is 8.65. The van der Waals surface area contributed by atoms with Crippen molar-refractivity contribution in [1.29, 1.82) is 0 Å². The minimum atomic E-state index is 0.195. The van der Waals surface area contributed by atoms with Gasteiger partial charge in [0.15, 0.2) is 0 Å². The fourth-order valence-electron chi connectivity index (χ4n) is 0.926. The maximum absolute atomic E-state index is 8.84. The monoisotopic (exact) mass is 168 g/mol. The molecule has 0 aromatic rings. The quantitative estimate of drug-likeness (QED) is 0.640. The summed E-state index contributed by atoms with van der Waals surface area (Å²) in [5, 5.41) is 8.84. The van der Waals surface area contributed by atoms with Crippen molar-refractivity contribution in [2.75, 3.05) is 6.61 Å². The molecule has 0 aliphatic heterocycles. The molecule has 1 heteroatoms. The molecule has 12 heavy (non-hydrogen) atoms. The summed E-state index contributed by atoms with van der Waals surface area (Å²) in [5.41, 5.74) is 3.79. The molecule has 1 nitrogen and oxygen atoms in total. The fraction of sp³-hybridized carbons (Fsp3) is 0.636. The highest BCUT2D eigenvalue weighted by atomic mass is 16.3. The van der Waals surface area contributed by atoms with E-state index in [9.17, 15) is 0 Å². The van der Waals surface area contributed by atoms with Gasteiger partial charge in [0.25, 0.3) is 0 Å². The second kappa shape index (κ2) is 6.01. The molecule has 0 aromatic heterocycles. The van der Waals surface area contributed by atoms with Crippen LogP contribution in [0.2, 0.25) is 0 Å². The van der Waals surface area contributed by atoms with Crippen molar-refractivity contribution in [2.45, 2.75) is 40.5 Å². The van der Waals surface area contributed by atoms with E-state index < -0.39 is 0 Å². The topological polar surface area (TPSA) is 20.2 Å². The first-order chi connectivity index (χ1) is 5.57. The molecular weight excluding hydrogens is 148 g/mol. The second-order valence-corrected chi connectivity index (χ2v) is 3.54. The summed E-state index contributed by atoms with van der Waals surface area (Å²) >= 11 is 0. The molecule has 0 heterocycles. The molecule has 1 N–H and O–H groups in total. The average molecular weight is 168 g/mol. The Morgan fingerprint density at radius 1 is 1.08 bits per heavy atom. The molecule has 0 atom stereocenters. The Hall–Kier alpha value is -0.560. The molecule has 0 saturated carbocycles. The lowest BCUT2D eigenvalue weighted by Crippen LogP contribution is -1.89. The molecular formula is C11H20O. The van der Waals surface area contributed by atoms with Gasteiger partial charge < -0.3 is 5.11 Å². The molecule has 0 saturated heterocycles. The Kier molecular flexibility index (Phi) is 5.73. The normalized spacial score (nSPS) is 12.4. The number of hydrogen-bond donors (Lipinski definition) is 1. The SMILES string of the molecule is CC(C)=CCCC(C)=C(C)CO. The van der Waals surface area contributed by atoms with E-state index in [-0.39, 0.29) is 6.61 Å². The number of rotatable bonds is 4. The largest absolute Gasteiger partial charge is 0.392 e. The third-order valence-electron chi connectivity index (χ3n) is 2.04. The average Bonchev–Trinajstić information content (AvgIpc) is 2.02. The lowest BCUT2D eigenvalue weighted by molar-refractivity contribution is 0.329. The molecule has 0 spiro atoms. The second-order valence-electron chi connectivity index (χ2n) is 3.54. The molecule has 0 aliphatic carbocycles. The van der Waals surface area contributed by atoms with Gasteiger partial charge in [-0.15, -0.1) is 0 Å². The van der Waals surface area contributed by atoms with E-state index in [2.05, 4.69) is 26.8 Å². The molecule has 0 bridgehead atoms. The van der Waals surface area contributed by atoms with E-state index >= 15 is 0 Å². The standard InChI is InChI=1S/C11H20O/c1-9(2)6-5-7-10(3)11(4)8-12/h6,12H,5,7-8H2,1-4H3.